The number of halogens is 2. The van der Waals surface area contributed by atoms with Crippen LogP contribution < -0.4 is 15.5 Å². The molecule has 0 fully saturated rings. The molecule has 0 aromatic heterocycles. The molecule has 0 saturated heterocycles. The van der Waals surface area contributed by atoms with Crippen molar-refractivity contribution in [3.63, 3.8) is 0 Å². The van der Waals surface area contributed by atoms with Crippen molar-refractivity contribution in [1.82, 2.24) is 5.43 Å². The summed E-state index contributed by atoms with van der Waals surface area (Å²) in [6.07, 6.45) is 1.16. The van der Waals surface area contributed by atoms with Crippen molar-refractivity contribution in [3.8, 4) is 5.75 Å². The van der Waals surface area contributed by atoms with Crippen molar-refractivity contribution in [1.29, 1.82) is 0 Å². The molecule has 0 spiro atoms. The number of anilines is 1. The van der Waals surface area contributed by atoms with Gasteiger partial charge in [0, 0.05) is 10.7 Å². The summed E-state index contributed by atoms with van der Waals surface area (Å²) in [6, 6.07) is 20.2. The highest BCUT2D eigenvalue weighted by atomic mass is 79.9. The second-order valence-corrected chi connectivity index (χ2v) is 8.23. The van der Waals surface area contributed by atoms with E-state index in [1.807, 2.05) is 61.5 Å². The van der Waals surface area contributed by atoms with Gasteiger partial charge in [-0.2, -0.15) is 5.10 Å². The summed E-state index contributed by atoms with van der Waals surface area (Å²) in [6.45, 7) is 2.29. The van der Waals surface area contributed by atoms with Gasteiger partial charge < -0.3 is 10.1 Å². The van der Waals surface area contributed by atoms with Crippen molar-refractivity contribution >= 4 is 51.2 Å². The minimum Gasteiger partial charge on any atom is -0.488 e. The van der Waals surface area contributed by atoms with Gasteiger partial charge in [-0.15, -0.1) is 0 Å². The van der Waals surface area contributed by atoms with E-state index in [4.69, 9.17) is 16.3 Å². The lowest BCUT2D eigenvalue weighted by Crippen LogP contribution is -2.24. The fourth-order valence-electron chi connectivity index (χ4n) is 2.73. The number of nitrogens with one attached hydrogen (secondary N) is 2. The van der Waals surface area contributed by atoms with Crippen molar-refractivity contribution in [2.45, 2.75) is 20.0 Å². The normalized spacial score (nSPS) is 10.7. The van der Waals surface area contributed by atoms with E-state index in [2.05, 4.69) is 31.8 Å². The fourth-order valence-corrected chi connectivity index (χ4v) is 3.36. The molecule has 0 atom stereocenters. The van der Waals surface area contributed by atoms with Crippen LogP contribution in [0.15, 0.2) is 76.3 Å². The Hall–Kier alpha value is -3.16. The Balaban J connectivity index is 1.47. The molecule has 0 aliphatic carbocycles. The van der Waals surface area contributed by atoms with Gasteiger partial charge in [0.15, 0.2) is 0 Å². The summed E-state index contributed by atoms with van der Waals surface area (Å²) in [4.78, 5) is 24.0. The minimum absolute atomic E-state index is 0.327. The number of ether oxygens (including phenoxy) is 1. The van der Waals surface area contributed by atoms with Crippen LogP contribution in [0.1, 0.15) is 23.1 Å². The van der Waals surface area contributed by atoms with Crippen LogP contribution in [0.3, 0.4) is 0 Å². The van der Waals surface area contributed by atoms with E-state index in [9.17, 15) is 9.59 Å². The first-order valence-electron chi connectivity index (χ1n) is 9.75. The van der Waals surface area contributed by atoms with E-state index in [1.165, 1.54) is 6.21 Å². The maximum Gasteiger partial charge on any atom is 0.249 e. The number of benzene rings is 3. The number of hydrazone groups is 1. The van der Waals surface area contributed by atoms with Crippen LogP contribution in [-0.2, 0) is 16.2 Å². The van der Waals surface area contributed by atoms with Gasteiger partial charge in [0.05, 0.1) is 10.7 Å². The second-order valence-electron chi connectivity index (χ2n) is 6.94. The standard InChI is InChI=1S/C24H21BrClN3O3/c1-16-4-2-3-5-21(16)28-23(30)13-24(31)29-27-14-18-8-11-22(20(25)12-18)32-15-17-6-9-19(26)10-7-17/h2-12,14H,13,15H2,1H3,(H,28,30)(H,29,31). The largest absolute Gasteiger partial charge is 0.488 e. The van der Waals surface area contributed by atoms with Crippen molar-refractivity contribution < 1.29 is 14.3 Å². The Morgan fingerprint density at radius 1 is 1.06 bits per heavy atom. The van der Waals surface area contributed by atoms with E-state index in [1.54, 1.807) is 12.1 Å². The monoisotopic (exact) mass is 513 g/mol. The van der Waals surface area contributed by atoms with Gasteiger partial charge in [0.25, 0.3) is 0 Å². The molecule has 0 bridgehead atoms. The predicted molar refractivity (Wildman–Crippen MR) is 130 cm³/mol. The summed E-state index contributed by atoms with van der Waals surface area (Å²) in [5.41, 5.74) is 5.71. The molecule has 0 aliphatic heterocycles. The van der Waals surface area contributed by atoms with E-state index >= 15 is 0 Å². The molecule has 8 heteroatoms. The van der Waals surface area contributed by atoms with Crippen LogP contribution in [-0.4, -0.2) is 18.0 Å². The van der Waals surface area contributed by atoms with Crippen LogP contribution in [0, 0.1) is 6.92 Å². The van der Waals surface area contributed by atoms with Gasteiger partial charge >= 0.3 is 0 Å². The van der Waals surface area contributed by atoms with Gasteiger partial charge in [0.1, 0.15) is 18.8 Å². The minimum atomic E-state index is -0.505. The third-order valence-electron chi connectivity index (χ3n) is 4.41. The third-order valence-corrected chi connectivity index (χ3v) is 5.28. The predicted octanol–water partition coefficient (Wildman–Crippen LogP) is 5.47. The highest BCUT2D eigenvalue weighted by Gasteiger charge is 2.10. The fraction of sp³-hybridized carbons (Fsp3) is 0.125. The quantitative estimate of drug-likeness (QED) is 0.238. The number of hydrogen-bond donors (Lipinski definition) is 2. The van der Waals surface area contributed by atoms with E-state index < -0.39 is 11.8 Å². The lowest BCUT2D eigenvalue weighted by atomic mass is 10.2. The van der Waals surface area contributed by atoms with Gasteiger partial charge in [-0.05, 0) is 75.9 Å². The van der Waals surface area contributed by atoms with Crippen molar-refractivity contribution in [2.75, 3.05) is 5.32 Å². The van der Waals surface area contributed by atoms with Crippen LogP contribution >= 0.6 is 27.5 Å². The van der Waals surface area contributed by atoms with Crippen LogP contribution in [0.25, 0.3) is 0 Å². The molecule has 6 nitrogen and oxygen atoms in total. The molecular formula is C24H21BrClN3O3. The molecule has 2 amide bonds. The van der Waals surface area contributed by atoms with Crippen molar-refractivity contribution in [2.24, 2.45) is 5.10 Å². The number of carbonyl (C=O) groups excluding carboxylic acids is 2. The van der Waals surface area contributed by atoms with Crippen molar-refractivity contribution in [3.05, 3.63) is 92.9 Å². The first-order valence-corrected chi connectivity index (χ1v) is 10.9. The molecular weight excluding hydrogens is 494 g/mol. The molecule has 32 heavy (non-hydrogen) atoms. The molecule has 3 aromatic rings. The summed E-state index contributed by atoms with van der Waals surface area (Å²) in [7, 11) is 0. The van der Waals surface area contributed by atoms with E-state index in [0.29, 0.717) is 23.1 Å². The number of hydrogen-bond acceptors (Lipinski definition) is 4. The molecule has 0 aliphatic rings. The number of rotatable bonds is 8. The Bertz CT molecular complexity index is 1130. The lowest BCUT2D eigenvalue weighted by Gasteiger charge is -2.09. The Morgan fingerprint density at radius 2 is 1.81 bits per heavy atom. The van der Waals surface area contributed by atoms with Crippen LogP contribution in [0.4, 0.5) is 5.69 Å². The number of aryl methyl sites for hydroxylation is 1. The topological polar surface area (TPSA) is 79.8 Å². The zero-order chi connectivity index (χ0) is 22.9. The second kappa shape index (κ2) is 11.5. The van der Waals surface area contributed by atoms with Gasteiger partial charge in [0.2, 0.25) is 11.8 Å². The third kappa shape index (κ3) is 7.21. The number of carbonyl (C=O) groups is 2. The van der Waals surface area contributed by atoms with Gasteiger partial charge in [-0.25, -0.2) is 5.43 Å². The number of para-hydroxylation sites is 1. The smallest absolute Gasteiger partial charge is 0.249 e. The number of nitrogens with zero attached hydrogens (tertiary/aromatic N) is 1. The molecule has 2 N–H and O–H groups in total. The highest BCUT2D eigenvalue weighted by molar-refractivity contribution is 9.10. The summed E-state index contributed by atoms with van der Waals surface area (Å²) in [5.74, 6) is -0.236. The molecule has 3 aromatic carbocycles. The Morgan fingerprint density at radius 3 is 2.53 bits per heavy atom. The molecule has 0 saturated carbocycles. The first-order chi connectivity index (χ1) is 15.4. The average molecular weight is 515 g/mol. The number of amides is 2. The van der Waals surface area contributed by atoms with Crippen LogP contribution in [0.2, 0.25) is 5.02 Å². The molecule has 164 valence electrons. The zero-order valence-electron chi connectivity index (χ0n) is 17.3. The SMILES string of the molecule is Cc1ccccc1NC(=O)CC(=O)NN=Cc1ccc(OCc2ccc(Cl)cc2)c(Br)c1. The first kappa shape index (κ1) is 23.5. The summed E-state index contributed by atoms with van der Waals surface area (Å²) < 4.78 is 6.56. The molecule has 0 heterocycles. The van der Waals surface area contributed by atoms with Gasteiger partial charge in [-0.1, -0.05) is 41.9 Å². The Labute approximate surface area is 199 Å². The summed E-state index contributed by atoms with van der Waals surface area (Å²) in [5, 5.41) is 7.30. The maximum atomic E-state index is 12.0. The van der Waals surface area contributed by atoms with Gasteiger partial charge in [-0.3, -0.25) is 9.59 Å². The maximum absolute atomic E-state index is 12.0. The highest BCUT2D eigenvalue weighted by Crippen LogP contribution is 2.26. The van der Waals surface area contributed by atoms with E-state index in [0.717, 1.165) is 21.2 Å². The lowest BCUT2D eigenvalue weighted by molar-refractivity contribution is -0.126. The Kier molecular flexibility index (Phi) is 8.41. The average Bonchev–Trinajstić information content (AvgIpc) is 2.76. The molecule has 0 unspecified atom stereocenters. The van der Waals surface area contributed by atoms with E-state index in [-0.39, 0.29) is 6.42 Å². The van der Waals surface area contributed by atoms with Crippen LogP contribution in [0.5, 0.6) is 5.75 Å². The molecule has 0 radical (unpaired) electrons. The summed E-state index contributed by atoms with van der Waals surface area (Å²) >= 11 is 9.36. The molecule has 3 rings (SSSR count). The zero-order valence-corrected chi connectivity index (χ0v) is 19.6.